The van der Waals surface area contributed by atoms with Crippen molar-refractivity contribution in [1.82, 2.24) is 14.5 Å². The number of benzene rings is 1. The number of ether oxygens (including phenoxy) is 2. The molecule has 0 bridgehead atoms. The lowest BCUT2D eigenvalue weighted by molar-refractivity contribution is 0.395. The summed E-state index contributed by atoms with van der Waals surface area (Å²) in [6.07, 6.45) is 0. The van der Waals surface area contributed by atoms with Crippen LogP contribution >= 0.6 is 0 Å². The van der Waals surface area contributed by atoms with Gasteiger partial charge >= 0.3 is 0 Å². The zero-order valence-electron chi connectivity index (χ0n) is 16.4. The van der Waals surface area contributed by atoms with E-state index in [1.54, 1.807) is 43.1 Å². The molecule has 8 heteroatoms. The minimum absolute atomic E-state index is 0.114. The highest BCUT2D eigenvalue weighted by Gasteiger charge is 2.17. The van der Waals surface area contributed by atoms with Crippen LogP contribution in [-0.4, -0.2) is 42.0 Å². The van der Waals surface area contributed by atoms with Crippen LogP contribution in [0.5, 0.6) is 11.5 Å². The summed E-state index contributed by atoms with van der Waals surface area (Å²) < 4.78 is 24.8. The lowest BCUT2D eigenvalue weighted by atomic mass is 10.0. The van der Waals surface area contributed by atoms with E-state index in [4.69, 9.17) is 9.47 Å². The van der Waals surface area contributed by atoms with E-state index in [2.05, 4.69) is 15.3 Å². The van der Waals surface area contributed by atoms with Gasteiger partial charge in [0, 0.05) is 30.1 Å². The molecule has 0 radical (unpaired) electrons. The molecular weight excluding hydrogens is 363 g/mol. The normalized spacial score (nSPS) is 10.9. The minimum Gasteiger partial charge on any atom is -0.497 e. The van der Waals surface area contributed by atoms with E-state index < -0.39 is 6.67 Å². The fourth-order valence-corrected chi connectivity index (χ4v) is 3.13. The second-order valence-corrected chi connectivity index (χ2v) is 6.16. The van der Waals surface area contributed by atoms with Gasteiger partial charge < -0.3 is 14.8 Å². The number of halogens is 1. The smallest absolute Gasteiger partial charge is 0.260 e. The van der Waals surface area contributed by atoms with Crippen molar-refractivity contribution in [2.45, 2.75) is 20.4 Å². The van der Waals surface area contributed by atoms with E-state index in [9.17, 15) is 9.18 Å². The van der Waals surface area contributed by atoms with Crippen molar-refractivity contribution in [3.63, 3.8) is 0 Å². The second kappa shape index (κ2) is 8.24. The molecule has 0 amide bonds. The van der Waals surface area contributed by atoms with Gasteiger partial charge in [-0.25, -0.2) is 9.37 Å². The average molecular weight is 386 g/mol. The van der Waals surface area contributed by atoms with Crippen molar-refractivity contribution < 1.29 is 13.9 Å². The van der Waals surface area contributed by atoms with E-state index in [-0.39, 0.29) is 12.1 Å². The highest BCUT2D eigenvalue weighted by molar-refractivity contribution is 5.85. The Balaban J connectivity index is 2.27. The molecular formula is C20H23FN4O3. The van der Waals surface area contributed by atoms with Gasteiger partial charge in [-0.2, -0.15) is 4.98 Å². The Morgan fingerprint density at radius 1 is 1.14 bits per heavy atom. The van der Waals surface area contributed by atoms with Crippen LogP contribution in [0.1, 0.15) is 12.6 Å². The Kier molecular flexibility index (Phi) is 5.77. The fourth-order valence-electron chi connectivity index (χ4n) is 3.13. The average Bonchev–Trinajstić information content (AvgIpc) is 2.71. The highest BCUT2D eigenvalue weighted by atomic mass is 19.1. The number of hydrogen-bond donors (Lipinski definition) is 1. The van der Waals surface area contributed by atoms with Crippen molar-refractivity contribution in [2.24, 2.45) is 0 Å². The molecule has 2 heterocycles. The summed E-state index contributed by atoms with van der Waals surface area (Å²) in [7, 11) is 3.12. The standard InChI is InChI=1S/C20H23FN4O3/c1-5-25-18-15(12(2)23-20(24-18)22-9-8-21)11-16(19(25)26)14-7-6-13(27-3)10-17(14)28-4/h6-7,10-11H,5,8-9H2,1-4H3,(H,22,23,24). The number of fused-ring (bicyclic) bond motifs is 1. The van der Waals surface area contributed by atoms with Crippen LogP contribution in [0.2, 0.25) is 0 Å². The zero-order chi connectivity index (χ0) is 20.3. The third kappa shape index (κ3) is 3.49. The fraction of sp³-hybridized carbons (Fsp3) is 0.350. The van der Waals surface area contributed by atoms with E-state index in [1.807, 2.05) is 13.8 Å². The Labute approximate surface area is 162 Å². The SMILES string of the molecule is CCn1c(=O)c(-c2ccc(OC)cc2OC)cc2c(C)nc(NCCF)nc21. The molecule has 0 saturated carbocycles. The maximum Gasteiger partial charge on any atom is 0.260 e. The van der Waals surface area contributed by atoms with Gasteiger partial charge in [0.25, 0.3) is 5.56 Å². The molecule has 3 rings (SSSR count). The van der Waals surface area contributed by atoms with Crippen LogP contribution in [-0.2, 0) is 6.54 Å². The number of rotatable bonds is 7. The molecule has 0 atom stereocenters. The van der Waals surface area contributed by atoms with Crippen LogP contribution in [0.3, 0.4) is 0 Å². The van der Waals surface area contributed by atoms with Gasteiger partial charge in [-0.3, -0.25) is 9.36 Å². The predicted octanol–water partition coefficient (Wildman–Crippen LogP) is 3.19. The summed E-state index contributed by atoms with van der Waals surface area (Å²) in [5.74, 6) is 1.48. The largest absolute Gasteiger partial charge is 0.497 e. The molecule has 2 aromatic heterocycles. The number of nitrogens with one attached hydrogen (secondary N) is 1. The maximum absolute atomic E-state index is 13.2. The lowest BCUT2D eigenvalue weighted by Gasteiger charge is -2.15. The Bertz CT molecular complexity index is 1070. The van der Waals surface area contributed by atoms with Gasteiger partial charge in [0.2, 0.25) is 5.95 Å². The van der Waals surface area contributed by atoms with E-state index >= 15 is 0 Å². The Morgan fingerprint density at radius 3 is 2.57 bits per heavy atom. The molecule has 1 aromatic carbocycles. The monoisotopic (exact) mass is 386 g/mol. The molecule has 1 N–H and O–H groups in total. The Hall–Kier alpha value is -3.16. The summed E-state index contributed by atoms with van der Waals surface area (Å²) in [5.41, 5.74) is 2.18. The van der Waals surface area contributed by atoms with Crippen LogP contribution in [0, 0.1) is 6.92 Å². The first-order valence-electron chi connectivity index (χ1n) is 8.98. The molecule has 0 saturated heterocycles. The topological polar surface area (TPSA) is 78.3 Å². The first-order chi connectivity index (χ1) is 13.5. The molecule has 0 unspecified atom stereocenters. The number of methoxy groups -OCH3 is 2. The van der Waals surface area contributed by atoms with Crippen molar-refractivity contribution in [1.29, 1.82) is 0 Å². The van der Waals surface area contributed by atoms with E-state index in [0.29, 0.717) is 46.5 Å². The van der Waals surface area contributed by atoms with Crippen LogP contribution in [0.25, 0.3) is 22.2 Å². The zero-order valence-corrected chi connectivity index (χ0v) is 16.4. The van der Waals surface area contributed by atoms with Gasteiger partial charge in [-0.15, -0.1) is 0 Å². The quantitative estimate of drug-likeness (QED) is 0.672. The maximum atomic E-state index is 13.2. The molecule has 0 fully saturated rings. The Morgan fingerprint density at radius 2 is 1.93 bits per heavy atom. The van der Waals surface area contributed by atoms with Gasteiger partial charge in [0.15, 0.2) is 0 Å². The van der Waals surface area contributed by atoms with Crippen molar-refractivity contribution in [3.05, 3.63) is 40.3 Å². The van der Waals surface area contributed by atoms with Crippen molar-refractivity contribution in [2.75, 3.05) is 32.8 Å². The van der Waals surface area contributed by atoms with E-state index in [1.165, 1.54) is 0 Å². The predicted molar refractivity (Wildman–Crippen MR) is 107 cm³/mol. The number of anilines is 1. The van der Waals surface area contributed by atoms with Crippen molar-refractivity contribution in [3.8, 4) is 22.6 Å². The number of nitrogens with zero attached hydrogens (tertiary/aromatic N) is 3. The second-order valence-electron chi connectivity index (χ2n) is 6.16. The van der Waals surface area contributed by atoms with Crippen LogP contribution in [0.15, 0.2) is 29.1 Å². The highest BCUT2D eigenvalue weighted by Crippen LogP contribution is 2.33. The molecule has 0 aliphatic rings. The number of aryl methyl sites for hydroxylation is 2. The molecule has 28 heavy (non-hydrogen) atoms. The molecule has 3 aromatic rings. The van der Waals surface area contributed by atoms with Gasteiger partial charge in [-0.1, -0.05) is 0 Å². The van der Waals surface area contributed by atoms with Gasteiger partial charge in [0.1, 0.15) is 23.8 Å². The van der Waals surface area contributed by atoms with Crippen molar-refractivity contribution >= 4 is 17.0 Å². The first kappa shape index (κ1) is 19.6. The molecule has 0 aliphatic heterocycles. The number of alkyl halides is 1. The summed E-state index contributed by atoms with van der Waals surface area (Å²) in [5, 5.41) is 3.58. The number of hydrogen-bond acceptors (Lipinski definition) is 6. The number of pyridine rings is 1. The minimum atomic E-state index is -0.531. The summed E-state index contributed by atoms with van der Waals surface area (Å²) >= 11 is 0. The lowest BCUT2D eigenvalue weighted by Crippen LogP contribution is -2.23. The van der Waals surface area contributed by atoms with Gasteiger partial charge in [-0.05, 0) is 32.0 Å². The van der Waals surface area contributed by atoms with Crippen LogP contribution < -0.4 is 20.3 Å². The number of aromatic nitrogens is 3. The summed E-state index contributed by atoms with van der Waals surface area (Å²) in [6.45, 7) is 3.73. The third-order valence-electron chi connectivity index (χ3n) is 4.53. The third-order valence-corrected chi connectivity index (χ3v) is 4.53. The molecule has 148 valence electrons. The molecule has 0 spiro atoms. The van der Waals surface area contributed by atoms with Gasteiger partial charge in [0.05, 0.1) is 25.5 Å². The summed E-state index contributed by atoms with van der Waals surface area (Å²) in [4.78, 5) is 22.0. The molecule has 7 nitrogen and oxygen atoms in total. The first-order valence-corrected chi connectivity index (χ1v) is 8.98. The van der Waals surface area contributed by atoms with E-state index in [0.717, 1.165) is 5.39 Å². The summed E-state index contributed by atoms with van der Waals surface area (Å²) in [6, 6.07) is 7.10. The molecule has 0 aliphatic carbocycles. The van der Waals surface area contributed by atoms with Crippen LogP contribution in [0.4, 0.5) is 10.3 Å².